The van der Waals surface area contributed by atoms with Crippen molar-refractivity contribution in [3.63, 3.8) is 0 Å². The van der Waals surface area contributed by atoms with Crippen LogP contribution in [0, 0.1) is 0 Å². The largest absolute Gasteiger partial charge is 0.355 e. The molecule has 1 aromatic carbocycles. The zero-order valence-electron chi connectivity index (χ0n) is 14.9. The second kappa shape index (κ2) is 8.17. The van der Waals surface area contributed by atoms with Crippen LogP contribution in [0.2, 0.25) is 5.02 Å². The van der Waals surface area contributed by atoms with Gasteiger partial charge in [-0.1, -0.05) is 11.6 Å². The van der Waals surface area contributed by atoms with E-state index in [0.29, 0.717) is 11.6 Å². The smallest absolute Gasteiger partial charge is 0.237 e. The van der Waals surface area contributed by atoms with Crippen LogP contribution in [0.4, 0.5) is 0 Å². The molecule has 7 heteroatoms. The highest BCUT2D eigenvalue weighted by Gasteiger charge is 2.23. The van der Waals surface area contributed by atoms with Gasteiger partial charge in [0.25, 0.3) is 0 Å². The number of fused-ring (bicyclic) bond motifs is 1. The van der Waals surface area contributed by atoms with E-state index in [0.717, 1.165) is 55.9 Å². The van der Waals surface area contributed by atoms with E-state index in [9.17, 15) is 4.79 Å². The fraction of sp³-hybridized carbons (Fsp3) is 0.556. The molecule has 6 nitrogen and oxygen atoms in total. The highest BCUT2D eigenvalue weighted by molar-refractivity contribution is 6.31. The highest BCUT2D eigenvalue weighted by atomic mass is 35.5. The third-order valence-corrected chi connectivity index (χ3v) is 5.08. The average molecular weight is 364 g/mol. The number of aromatic nitrogens is 2. The van der Waals surface area contributed by atoms with Crippen molar-refractivity contribution in [2.24, 2.45) is 0 Å². The van der Waals surface area contributed by atoms with Crippen LogP contribution in [0.1, 0.15) is 19.2 Å². The number of hydrogen-bond acceptors (Lipinski definition) is 4. The number of amides is 1. The monoisotopic (exact) mass is 363 g/mol. The lowest BCUT2D eigenvalue weighted by atomic mass is 10.2. The van der Waals surface area contributed by atoms with Crippen LogP contribution in [-0.2, 0) is 11.2 Å². The quantitative estimate of drug-likeness (QED) is 0.769. The first kappa shape index (κ1) is 18.2. The molecule has 1 aromatic heterocycles. The topological polar surface area (TPSA) is 64.3 Å². The molecule has 0 radical (unpaired) electrons. The van der Waals surface area contributed by atoms with Crippen molar-refractivity contribution in [2.45, 2.75) is 25.8 Å². The molecule has 1 unspecified atom stereocenters. The van der Waals surface area contributed by atoms with Crippen molar-refractivity contribution in [1.82, 2.24) is 25.1 Å². The zero-order chi connectivity index (χ0) is 17.8. The molecular formula is C18H26ClN5O. The average Bonchev–Trinajstić information content (AvgIpc) is 3.00. The van der Waals surface area contributed by atoms with E-state index in [2.05, 4.69) is 32.1 Å². The standard InChI is InChI=1S/C18H26ClN5O/c1-13(24-10-8-23(2)9-11-24)18(25)20-7-3-4-17-21-15-6-5-14(19)12-16(15)22-17/h5-6,12-13H,3-4,7-11H2,1-2H3,(H,20,25)(H,21,22). The predicted molar refractivity (Wildman–Crippen MR) is 101 cm³/mol. The molecule has 0 saturated carbocycles. The minimum atomic E-state index is -0.0676. The van der Waals surface area contributed by atoms with Crippen molar-refractivity contribution in [3.05, 3.63) is 29.0 Å². The molecule has 1 aliphatic rings. The van der Waals surface area contributed by atoms with E-state index in [1.54, 1.807) is 0 Å². The Hall–Kier alpha value is -1.63. The second-order valence-corrected chi connectivity index (χ2v) is 7.19. The number of carbonyl (C=O) groups excluding carboxylic acids is 1. The molecular weight excluding hydrogens is 338 g/mol. The molecule has 0 spiro atoms. The van der Waals surface area contributed by atoms with E-state index >= 15 is 0 Å². The molecule has 1 saturated heterocycles. The molecule has 2 aromatic rings. The van der Waals surface area contributed by atoms with Crippen molar-refractivity contribution in [3.8, 4) is 0 Å². The Morgan fingerprint density at radius 1 is 1.36 bits per heavy atom. The summed E-state index contributed by atoms with van der Waals surface area (Å²) in [7, 11) is 2.12. The van der Waals surface area contributed by atoms with Crippen molar-refractivity contribution in [2.75, 3.05) is 39.8 Å². The molecule has 136 valence electrons. The number of imidazole rings is 1. The number of benzene rings is 1. The maximum absolute atomic E-state index is 12.3. The Bertz CT molecular complexity index is 723. The maximum Gasteiger partial charge on any atom is 0.237 e. The highest BCUT2D eigenvalue weighted by Crippen LogP contribution is 2.17. The van der Waals surface area contributed by atoms with E-state index in [-0.39, 0.29) is 11.9 Å². The third-order valence-electron chi connectivity index (χ3n) is 4.85. The summed E-state index contributed by atoms with van der Waals surface area (Å²) in [6, 6.07) is 5.57. The number of nitrogens with one attached hydrogen (secondary N) is 2. The normalized spacial score (nSPS) is 17.7. The van der Waals surface area contributed by atoms with E-state index in [1.165, 1.54) is 0 Å². The number of likely N-dealkylation sites (N-methyl/N-ethyl adjacent to an activating group) is 1. The Morgan fingerprint density at radius 3 is 2.88 bits per heavy atom. The van der Waals surface area contributed by atoms with Gasteiger partial charge in [0.2, 0.25) is 5.91 Å². The van der Waals surface area contributed by atoms with Crippen LogP contribution in [0.25, 0.3) is 11.0 Å². The number of nitrogens with zero attached hydrogens (tertiary/aromatic N) is 3. The summed E-state index contributed by atoms with van der Waals surface area (Å²) in [6.45, 7) is 6.60. The summed E-state index contributed by atoms with van der Waals surface area (Å²) < 4.78 is 0. The van der Waals surface area contributed by atoms with Gasteiger partial charge in [0, 0.05) is 44.2 Å². The lowest BCUT2D eigenvalue weighted by Gasteiger charge is -2.35. The number of aryl methyl sites for hydroxylation is 1. The number of halogens is 1. The van der Waals surface area contributed by atoms with Gasteiger partial charge in [0.1, 0.15) is 5.82 Å². The summed E-state index contributed by atoms with van der Waals surface area (Å²) in [5.74, 6) is 1.04. The van der Waals surface area contributed by atoms with Crippen LogP contribution in [0.3, 0.4) is 0 Å². The molecule has 1 atom stereocenters. The third kappa shape index (κ3) is 4.71. The summed E-state index contributed by atoms with van der Waals surface area (Å²) in [6.07, 6.45) is 1.66. The fourth-order valence-corrected chi connectivity index (χ4v) is 3.32. The molecule has 0 bridgehead atoms. The van der Waals surface area contributed by atoms with Gasteiger partial charge in [0.05, 0.1) is 17.1 Å². The van der Waals surface area contributed by atoms with Crippen LogP contribution in [0.15, 0.2) is 18.2 Å². The Balaban J connectivity index is 1.42. The first-order valence-electron chi connectivity index (χ1n) is 8.87. The predicted octanol–water partition coefficient (Wildman–Crippen LogP) is 1.90. The van der Waals surface area contributed by atoms with Crippen LogP contribution >= 0.6 is 11.6 Å². The first-order chi connectivity index (χ1) is 12.0. The summed E-state index contributed by atoms with van der Waals surface area (Å²) in [5, 5.41) is 3.75. The van der Waals surface area contributed by atoms with Gasteiger partial charge < -0.3 is 15.2 Å². The Morgan fingerprint density at radius 2 is 2.12 bits per heavy atom. The molecule has 2 heterocycles. The molecule has 1 aliphatic heterocycles. The molecule has 0 aliphatic carbocycles. The number of hydrogen-bond donors (Lipinski definition) is 2. The number of H-pyrrole nitrogens is 1. The lowest BCUT2D eigenvalue weighted by molar-refractivity contribution is -0.126. The minimum Gasteiger partial charge on any atom is -0.355 e. The van der Waals surface area contributed by atoms with E-state index in [1.807, 2.05) is 25.1 Å². The summed E-state index contributed by atoms with van der Waals surface area (Å²) in [4.78, 5) is 24.7. The summed E-state index contributed by atoms with van der Waals surface area (Å²) >= 11 is 5.99. The summed E-state index contributed by atoms with van der Waals surface area (Å²) in [5.41, 5.74) is 1.88. The minimum absolute atomic E-state index is 0.0676. The van der Waals surface area contributed by atoms with E-state index in [4.69, 9.17) is 11.6 Å². The first-order valence-corrected chi connectivity index (χ1v) is 9.25. The van der Waals surface area contributed by atoms with Gasteiger partial charge >= 0.3 is 0 Å². The number of aromatic amines is 1. The van der Waals surface area contributed by atoms with Gasteiger partial charge in [-0.25, -0.2) is 4.98 Å². The SMILES string of the molecule is CC(C(=O)NCCCc1nc2ccc(Cl)cc2[nH]1)N1CCN(C)CC1. The zero-order valence-corrected chi connectivity index (χ0v) is 15.6. The number of rotatable bonds is 6. The van der Waals surface area contributed by atoms with Crippen LogP contribution in [-0.4, -0.2) is 71.5 Å². The number of carbonyl (C=O) groups is 1. The number of piperazine rings is 1. The van der Waals surface area contributed by atoms with E-state index < -0.39 is 0 Å². The molecule has 25 heavy (non-hydrogen) atoms. The van der Waals surface area contributed by atoms with Gasteiger partial charge in [-0.15, -0.1) is 0 Å². The Labute approximate surface area is 153 Å². The molecule has 3 rings (SSSR count). The molecule has 1 fully saturated rings. The van der Waals surface area contributed by atoms with Gasteiger partial charge in [-0.05, 0) is 38.6 Å². The van der Waals surface area contributed by atoms with Crippen LogP contribution in [0.5, 0.6) is 0 Å². The van der Waals surface area contributed by atoms with Crippen molar-refractivity contribution in [1.29, 1.82) is 0 Å². The van der Waals surface area contributed by atoms with Gasteiger partial charge in [-0.2, -0.15) is 0 Å². The van der Waals surface area contributed by atoms with Gasteiger partial charge in [0.15, 0.2) is 0 Å². The van der Waals surface area contributed by atoms with Crippen molar-refractivity contribution < 1.29 is 4.79 Å². The second-order valence-electron chi connectivity index (χ2n) is 6.75. The lowest BCUT2D eigenvalue weighted by Crippen LogP contribution is -2.53. The molecule has 1 amide bonds. The molecule has 2 N–H and O–H groups in total. The van der Waals surface area contributed by atoms with Crippen LogP contribution < -0.4 is 5.32 Å². The van der Waals surface area contributed by atoms with Gasteiger partial charge in [-0.3, -0.25) is 9.69 Å². The van der Waals surface area contributed by atoms with Crippen molar-refractivity contribution >= 4 is 28.5 Å². The fourth-order valence-electron chi connectivity index (χ4n) is 3.14. The Kier molecular flexibility index (Phi) is 5.93. The maximum atomic E-state index is 12.3.